The van der Waals surface area contributed by atoms with Crippen molar-refractivity contribution in [3.05, 3.63) is 41.0 Å². The van der Waals surface area contributed by atoms with Gasteiger partial charge >= 0.3 is 0 Å². The van der Waals surface area contributed by atoms with Crippen molar-refractivity contribution in [3.8, 4) is 0 Å². The molecular formula is C16H18O. The van der Waals surface area contributed by atoms with Gasteiger partial charge in [-0.15, -0.1) is 0 Å². The van der Waals surface area contributed by atoms with Crippen LogP contribution in [0.3, 0.4) is 0 Å². The zero-order valence-corrected chi connectivity index (χ0v) is 10.3. The van der Waals surface area contributed by atoms with Crippen molar-refractivity contribution in [2.24, 2.45) is 0 Å². The van der Waals surface area contributed by atoms with Crippen LogP contribution in [0.5, 0.6) is 0 Å². The second kappa shape index (κ2) is 4.14. The van der Waals surface area contributed by atoms with Crippen LogP contribution in [0.2, 0.25) is 0 Å². The molecule has 0 spiro atoms. The lowest BCUT2D eigenvalue weighted by Crippen LogP contribution is -2.19. The van der Waals surface area contributed by atoms with Gasteiger partial charge in [-0.3, -0.25) is 4.79 Å². The Morgan fingerprint density at radius 1 is 1.18 bits per heavy atom. The SMILES string of the molecule is CCC1CC2=C(CCCC2=O)c2ccccc21. The van der Waals surface area contributed by atoms with Gasteiger partial charge in [0.2, 0.25) is 0 Å². The molecule has 0 fully saturated rings. The number of hydrogen-bond donors (Lipinski definition) is 0. The van der Waals surface area contributed by atoms with Crippen LogP contribution in [0.15, 0.2) is 29.8 Å². The van der Waals surface area contributed by atoms with E-state index in [1.165, 1.54) is 16.7 Å². The van der Waals surface area contributed by atoms with E-state index in [2.05, 4.69) is 31.2 Å². The fourth-order valence-corrected chi connectivity index (χ4v) is 3.28. The molecule has 2 aliphatic carbocycles. The Morgan fingerprint density at radius 3 is 2.82 bits per heavy atom. The van der Waals surface area contributed by atoms with Crippen molar-refractivity contribution in [1.29, 1.82) is 0 Å². The van der Waals surface area contributed by atoms with E-state index in [-0.39, 0.29) is 0 Å². The molecule has 3 rings (SSSR count). The zero-order valence-electron chi connectivity index (χ0n) is 10.3. The molecule has 0 amide bonds. The van der Waals surface area contributed by atoms with Crippen LogP contribution in [0.1, 0.15) is 56.1 Å². The molecule has 2 aliphatic rings. The molecule has 1 unspecified atom stereocenters. The van der Waals surface area contributed by atoms with E-state index in [1.54, 1.807) is 0 Å². The lowest BCUT2D eigenvalue weighted by Gasteiger charge is -2.31. The summed E-state index contributed by atoms with van der Waals surface area (Å²) < 4.78 is 0. The van der Waals surface area contributed by atoms with E-state index in [4.69, 9.17) is 0 Å². The number of Topliss-reactive ketones (excluding diaryl/α,β-unsaturated/α-hetero) is 1. The largest absolute Gasteiger partial charge is 0.295 e. The van der Waals surface area contributed by atoms with Crippen molar-refractivity contribution in [2.75, 3.05) is 0 Å². The number of carbonyl (C=O) groups excluding carboxylic acids is 1. The quantitative estimate of drug-likeness (QED) is 0.705. The summed E-state index contributed by atoms with van der Waals surface area (Å²) in [5.41, 5.74) is 5.31. The minimum atomic E-state index is 0.402. The van der Waals surface area contributed by atoms with Gasteiger partial charge in [-0.2, -0.15) is 0 Å². The van der Waals surface area contributed by atoms with Gasteiger partial charge in [0.25, 0.3) is 0 Å². The molecule has 1 nitrogen and oxygen atoms in total. The molecule has 0 bridgehead atoms. The van der Waals surface area contributed by atoms with E-state index in [0.29, 0.717) is 11.7 Å². The fraction of sp³-hybridized carbons (Fsp3) is 0.438. The third-order valence-electron chi connectivity index (χ3n) is 4.20. The molecule has 0 aliphatic heterocycles. The van der Waals surface area contributed by atoms with E-state index in [9.17, 15) is 4.79 Å². The molecule has 0 saturated carbocycles. The number of ketones is 1. The Kier molecular flexibility index (Phi) is 2.62. The van der Waals surface area contributed by atoms with Gasteiger partial charge in [0.1, 0.15) is 0 Å². The molecule has 0 saturated heterocycles. The van der Waals surface area contributed by atoms with Crippen molar-refractivity contribution < 1.29 is 4.79 Å². The van der Waals surface area contributed by atoms with E-state index >= 15 is 0 Å². The summed E-state index contributed by atoms with van der Waals surface area (Å²) in [6.07, 6.45) is 4.98. The maximum absolute atomic E-state index is 12.0. The maximum Gasteiger partial charge on any atom is 0.159 e. The van der Waals surface area contributed by atoms with Gasteiger partial charge in [0.05, 0.1) is 0 Å². The Bertz CT molecular complexity index is 496. The minimum absolute atomic E-state index is 0.402. The molecule has 1 atom stereocenters. The highest BCUT2D eigenvalue weighted by molar-refractivity contribution is 6.05. The highest BCUT2D eigenvalue weighted by Crippen LogP contribution is 2.44. The summed E-state index contributed by atoms with van der Waals surface area (Å²) >= 11 is 0. The van der Waals surface area contributed by atoms with Crippen LogP contribution < -0.4 is 0 Å². The monoisotopic (exact) mass is 226 g/mol. The van der Waals surface area contributed by atoms with Gasteiger partial charge in [-0.05, 0) is 53.9 Å². The first-order valence-corrected chi connectivity index (χ1v) is 6.65. The summed E-state index contributed by atoms with van der Waals surface area (Å²) in [6, 6.07) is 8.66. The topological polar surface area (TPSA) is 17.1 Å². The van der Waals surface area contributed by atoms with Crippen LogP contribution >= 0.6 is 0 Å². The van der Waals surface area contributed by atoms with Gasteiger partial charge in [0.15, 0.2) is 5.78 Å². The summed E-state index contributed by atoms with van der Waals surface area (Å²) in [5, 5.41) is 0. The third-order valence-corrected chi connectivity index (χ3v) is 4.20. The van der Waals surface area contributed by atoms with Crippen LogP contribution in [0.25, 0.3) is 5.57 Å². The first-order valence-electron chi connectivity index (χ1n) is 6.65. The maximum atomic E-state index is 12.0. The summed E-state index contributed by atoms with van der Waals surface area (Å²) in [7, 11) is 0. The second-order valence-corrected chi connectivity index (χ2v) is 5.13. The van der Waals surface area contributed by atoms with Gasteiger partial charge in [-0.1, -0.05) is 31.2 Å². The van der Waals surface area contributed by atoms with E-state index in [0.717, 1.165) is 37.7 Å². The van der Waals surface area contributed by atoms with Crippen LogP contribution in [0, 0.1) is 0 Å². The normalized spacial score (nSPS) is 23.4. The van der Waals surface area contributed by atoms with Crippen molar-refractivity contribution in [2.45, 2.75) is 44.9 Å². The molecule has 0 N–H and O–H groups in total. The standard InChI is InChI=1S/C16H18O/c1-2-11-10-15-14(8-5-9-16(15)17)13-7-4-3-6-12(11)13/h3-4,6-7,11H,2,5,8-10H2,1H3. The van der Waals surface area contributed by atoms with Gasteiger partial charge in [0, 0.05) is 6.42 Å². The number of fused-ring (bicyclic) bond motifs is 2. The number of rotatable bonds is 1. The predicted octanol–water partition coefficient (Wildman–Crippen LogP) is 4.09. The second-order valence-electron chi connectivity index (χ2n) is 5.13. The minimum Gasteiger partial charge on any atom is -0.295 e. The number of carbonyl (C=O) groups is 1. The number of allylic oxidation sites excluding steroid dienone is 2. The third kappa shape index (κ3) is 1.65. The molecule has 1 aromatic rings. The highest BCUT2D eigenvalue weighted by Gasteiger charge is 2.30. The van der Waals surface area contributed by atoms with Gasteiger partial charge < -0.3 is 0 Å². The van der Waals surface area contributed by atoms with Crippen LogP contribution in [-0.4, -0.2) is 5.78 Å². The molecule has 1 heteroatoms. The Hall–Kier alpha value is -1.37. The van der Waals surface area contributed by atoms with Crippen molar-refractivity contribution >= 4 is 11.4 Å². The van der Waals surface area contributed by atoms with Gasteiger partial charge in [-0.25, -0.2) is 0 Å². The average Bonchev–Trinajstić information content (AvgIpc) is 2.38. The Balaban J connectivity index is 2.18. The summed E-state index contributed by atoms with van der Waals surface area (Å²) in [4.78, 5) is 12.0. The molecule has 88 valence electrons. The molecule has 0 aromatic heterocycles. The Labute approximate surface area is 103 Å². The van der Waals surface area contributed by atoms with Crippen LogP contribution in [-0.2, 0) is 4.79 Å². The molecule has 17 heavy (non-hydrogen) atoms. The summed E-state index contributed by atoms with van der Waals surface area (Å²) in [5.74, 6) is 0.950. The molecular weight excluding hydrogens is 208 g/mol. The van der Waals surface area contributed by atoms with E-state index in [1.807, 2.05) is 0 Å². The molecule has 0 radical (unpaired) electrons. The number of benzene rings is 1. The Morgan fingerprint density at radius 2 is 2.00 bits per heavy atom. The van der Waals surface area contributed by atoms with E-state index < -0.39 is 0 Å². The lowest BCUT2D eigenvalue weighted by molar-refractivity contribution is -0.116. The van der Waals surface area contributed by atoms with Crippen molar-refractivity contribution in [3.63, 3.8) is 0 Å². The fourth-order valence-electron chi connectivity index (χ4n) is 3.28. The zero-order chi connectivity index (χ0) is 11.8. The first-order chi connectivity index (χ1) is 8.31. The smallest absolute Gasteiger partial charge is 0.159 e. The predicted molar refractivity (Wildman–Crippen MR) is 69.9 cm³/mol. The molecule has 1 aromatic carbocycles. The molecule has 0 heterocycles. The first kappa shape index (κ1) is 10.8. The van der Waals surface area contributed by atoms with Crippen LogP contribution in [0.4, 0.5) is 0 Å². The highest BCUT2D eigenvalue weighted by atomic mass is 16.1. The lowest BCUT2D eigenvalue weighted by atomic mass is 9.72. The number of hydrogen-bond acceptors (Lipinski definition) is 1. The average molecular weight is 226 g/mol. The van der Waals surface area contributed by atoms with Crippen molar-refractivity contribution in [1.82, 2.24) is 0 Å². The summed E-state index contributed by atoms with van der Waals surface area (Å²) in [6.45, 7) is 2.22.